The lowest BCUT2D eigenvalue weighted by Crippen LogP contribution is -2.44. The first-order chi connectivity index (χ1) is 13.8. The number of nitrogens with zero attached hydrogens (tertiary/aromatic N) is 4. The number of fused-ring (bicyclic) bond motifs is 2. The van der Waals surface area contributed by atoms with Gasteiger partial charge in [-0.15, -0.1) is 0 Å². The average Bonchev–Trinajstić information content (AvgIpc) is 3.34. The van der Waals surface area contributed by atoms with Gasteiger partial charge in [-0.3, -0.25) is 4.90 Å². The molecule has 1 saturated heterocycles. The maximum absolute atomic E-state index is 5.54. The van der Waals surface area contributed by atoms with E-state index in [9.17, 15) is 0 Å². The van der Waals surface area contributed by atoms with Crippen LogP contribution in [0.25, 0.3) is 11.4 Å². The highest BCUT2D eigenvalue weighted by atomic mass is 16.5. The molecule has 3 aromatic rings. The van der Waals surface area contributed by atoms with Crippen molar-refractivity contribution in [2.24, 2.45) is 0 Å². The molecule has 28 heavy (non-hydrogen) atoms. The Kier molecular flexibility index (Phi) is 4.47. The third-order valence-electron chi connectivity index (χ3n) is 6.28. The number of piperidine rings is 1. The summed E-state index contributed by atoms with van der Waals surface area (Å²) in [5, 5.41) is 4.15. The van der Waals surface area contributed by atoms with Gasteiger partial charge in [-0.2, -0.15) is 0 Å². The fourth-order valence-electron chi connectivity index (χ4n) is 4.84. The lowest BCUT2D eigenvalue weighted by molar-refractivity contribution is 0.125. The van der Waals surface area contributed by atoms with Crippen LogP contribution in [0, 0.1) is 0 Å². The van der Waals surface area contributed by atoms with Crippen molar-refractivity contribution in [3.05, 3.63) is 65.3 Å². The zero-order chi connectivity index (χ0) is 19.0. The van der Waals surface area contributed by atoms with E-state index in [1.54, 1.807) is 0 Å². The van der Waals surface area contributed by atoms with Crippen LogP contribution in [0.15, 0.2) is 47.1 Å². The van der Waals surface area contributed by atoms with Crippen molar-refractivity contribution in [2.75, 3.05) is 13.1 Å². The molecule has 3 heterocycles. The smallest absolute Gasteiger partial charge is 0.159 e. The van der Waals surface area contributed by atoms with Gasteiger partial charge in [0.25, 0.3) is 0 Å². The van der Waals surface area contributed by atoms with Gasteiger partial charge in [0.05, 0.1) is 17.9 Å². The number of aryl methyl sites for hydroxylation is 2. The van der Waals surface area contributed by atoms with Gasteiger partial charge in [0.2, 0.25) is 0 Å². The van der Waals surface area contributed by atoms with Crippen molar-refractivity contribution >= 4 is 0 Å². The lowest BCUT2D eigenvalue weighted by Gasteiger charge is -2.40. The Balaban J connectivity index is 1.41. The lowest BCUT2D eigenvalue weighted by atomic mass is 9.77. The van der Waals surface area contributed by atoms with Crippen LogP contribution in [0.5, 0.6) is 0 Å². The van der Waals surface area contributed by atoms with Crippen LogP contribution in [-0.2, 0) is 24.8 Å². The van der Waals surface area contributed by atoms with E-state index in [4.69, 9.17) is 9.51 Å². The summed E-state index contributed by atoms with van der Waals surface area (Å²) < 4.78 is 5.54. The molecule has 0 amide bonds. The fraction of sp³-hybridized carbons (Fsp3) is 0.435. The Morgan fingerprint density at radius 1 is 1.18 bits per heavy atom. The minimum Gasteiger partial charge on any atom is -0.360 e. The molecule has 1 unspecified atom stereocenters. The molecular formula is C23H26N4O. The predicted molar refractivity (Wildman–Crippen MR) is 108 cm³/mol. The summed E-state index contributed by atoms with van der Waals surface area (Å²) in [5.41, 5.74) is 4.88. The number of hydrogen-bond acceptors (Lipinski definition) is 5. The van der Waals surface area contributed by atoms with E-state index in [1.165, 1.54) is 30.5 Å². The SMILES string of the molecule is CCc1cc(CN2CCCC3(CCc4cnc(-c5ccccc5)nc43)C2)on1. The van der Waals surface area contributed by atoms with Crippen molar-refractivity contribution in [1.82, 2.24) is 20.0 Å². The number of rotatable bonds is 4. The predicted octanol–water partition coefficient (Wildman–Crippen LogP) is 4.17. The van der Waals surface area contributed by atoms with Crippen LogP contribution in [0.2, 0.25) is 0 Å². The molecule has 2 aromatic heterocycles. The maximum atomic E-state index is 5.54. The van der Waals surface area contributed by atoms with E-state index in [1.807, 2.05) is 18.2 Å². The first kappa shape index (κ1) is 17.6. The molecule has 5 heteroatoms. The van der Waals surface area contributed by atoms with Gasteiger partial charge in [0, 0.05) is 29.8 Å². The second-order valence-corrected chi connectivity index (χ2v) is 8.17. The molecule has 1 atom stereocenters. The normalized spacial score (nSPS) is 21.9. The molecule has 1 aromatic carbocycles. The summed E-state index contributed by atoms with van der Waals surface area (Å²) in [6.45, 7) is 5.08. The topological polar surface area (TPSA) is 55.1 Å². The molecule has 1 aliphatic heterocycles. The van der Waals surface area contributed by atoms with Crippen molar-refractivity contribution in [3.63, 3.8) is 0 Å². The summed E-state index contributed by atoms with van der Waals surface area (Å²) in [6.07, 6.45) is 7.63. The third kappa shape index (κ3) is 3.14. The third-order valence-corrected chi connectivity index (χ3v) is 6.28. The standard InChI is InChI=1S/C23H26N4O/c1-2-19-13-20(28-26-19)15-27-12-6-10-23(16-27)11-9-18-14-24-22(25-21(18)23)17-7-4-3-5-8-17/h3-5,7-8,13-14H,2,6,9-12,15-16H2,1H3. The van der Waals surface area contributed by atoms with E-state index in [-0.39, 0.29) is 5.41 Å². The van der Waals surface area contributed by atoms with Crippen molar-refractivity contribution in [2.45, 2.75) is 51.0 Å². The zero-order valence-corrected chi connectivity index (χ0v) is 16.4. The number of likely N-dealkylation sites (tertiary alicyclic amines) is 1. The fourth-order valence-corrected chi connectivity index (χ4v) is 4.84. The minimum absolute atomic E-state index is 0.146. The van der Waals surface area contributed by atoms with Crippen molar-refractivity contribution in [1.29, 1.82) is 0 Å². The summed E-state index contributed by atoms with van der Waals surface area (Å²) in [6, 6.07) is 12.4. The second kappa shape index (κ2) is 7.13. The largest absolute Gasteiger partial charge is 0.360 e. The Morgan fingerprint density at radius 3 is 2.89 bits per heavy atom. The Hall–Kier alpha value is -2.53. The van der Waals surface area contributed by atoms with E-state index in [0.29, 0.717) is 0 Å². The van der Waals surface area contributed by atoms with Gasteiger partial charge in [0.15, 0.2) is 11.6 Å². The Morgan fingerprint density at radius 2 is 2.07 bits per heavy atom. The molecule has 5 nitrogen and oxygen atoms in total. The van der Waals surface area contributed by atoms with E-state index < -0.39 is 0 Å². The summed E-state index contributed by atoms with van der Waals surface area (Å²) in [4.78, 5) is 12.3. The molecule has 2 aliphatic rings. The first-order valence-electron chi connectivity index (χ1n) is 10.3. The molecule has 1 fully saturated rings. The van der Waals surface area contributed by atoms with Gasteiger partial charge < -0.3 is 4.52 Å². The summed E-state index contributed by atoms with van der Waals surface area (Å²) in [5.74, 6) is 1.82. The van der Waals surface area contributed by atoms with Crippen LogP contribution in [0.1, 0.15) is 48.9 Å². The highest BCUT2D eigenvalue weighted by Crippen LogP contribution is 2.44. The number of benzene rings is 1. The average molecular weight is 374 g/mol. The highest BCUT2D eigenvalue weighted by Gasteiger charge is 2.43. The minimum atomic E-state index is 0.146. The summed E-state index contributed by atoms with van der Waals surface area (Å²) >= 11 is 0. The molecule has 144 valence electrons. The molecule has 0 N–H and O–H groups in total. The van der Waals surface area contributed by atoms with Gasteiger partial charge in [0.1, 0.15) is 0 Å². The molecule has 1 spiro atoms. The monoisotopic (exact) mass is 374 g/mol. The Bertz CT molecular complexity index is 964. The zero-order valence-electron chi connectivity index (χ0n) is 16.4. The van der Waals surface area contributed by atoms with Crippen LogP contribution >= 0.6 is 0 Å². The molecule has 0 radical (unpaired) electrons. The van der Waals surface area contributed by atoms with Crippen molar-refractivity contribution in [3.8, 4) is 11.4 Å². The van der Waals surface area contributed by atoms with E-state index >= 15 is 0 Å². The molecule has 1 aliphatic carbocycles. The molecule has 0 bridgehead atoms. The van der Waals surface area contributed by atoms with Crippen LogP contribution in [0.3, 0.4) is 0 Å². The second-order valence-electron chi connectivity index (χ2n) is 8.17. The summed E-state index contributed by atoms with van der Waals surface area (Å²) in [7, 11) is 0. The maximum Gasteiger partial charge on any atom is 0.159 e. The Labute approximate surface area is 165 Å². The quantitative estimate of drug-likeness (QED) is 0.686. The van der Waals surface area contributed by atoms with E-state index in [0.717, 1.165) is 55.3 Å². The van der Waals surface area contributed by atoms with Gasteiger partial charge in [-0.1, -0.05) is 42.4 Å². The number of hydrogen-bond donors (Lipinski definition) is 0. The van der Waals surface area contributed by atoms with Crippen LogP contribution in [0.4, 0.5) is 0 Å². The first-order valence-corrected chi connectivity index (χ1v) is 10.3. The van der Waals surface area contributed by atoms with Crippen LogP contribution in [-0.4, -0.2) is 33.1 Å². The molecule has 5 rings (SSSR count). The highest BCUT2D eigenvalue weighted by molar-refractivity contribution is 5.55. The van der Waals surface area contributed by atoms with Gasteiger partial charge in [-0.25, -0.2) is 9.97 Å². The van der Waals surface area contributed by atoms with Crippen molar-refractivity contribution < 1.29 is 4.52 Å². The molecular weight excluding hydrogens is 348 g/mol. The molecule has 0 saturated carbocycles. The van der Waals surface area contributed by atoms with Crippen LogP contribution < -0.4 is 0 Å². The van der Waals surface area contributed by atoms with Gasteiger partial charge >= 0.3 is 0 Å². The van der Waals surface area contributed by atoms with E-state index in [2.05, 4.69) is 46.4 Å². The van der Waals surface area contributed by atoms with Gasteiger partial charge in [-0.05, 0) is 44.2 Å². The number of aromatic nitrogens is 3.